The van der Waals surface area contributed by atoms with E-state index in [9.17, 15) is 4.79 Å². The number of amides is 1. The Kier molecular flexibility index (Phi) is 3.56. The monoisotopic (exact) mass is 311 g/mol. The second-order valence-electron chi connectivity index (χ2n) is 4.16. The number of halogens is 1. The van der Waals surface area contributed by atoms with E-state index in [2.05, 4.69) is 31.4 Å². The number of aromatic nitrogens is 2. The van der Waals surface area contributed by atoms with Crippen molar-refractivity contribution in [3.8, 4) is 0 Å². The lowest BCUT2D eigenvalue weighted by Gasteiger charge is -2.12. The van der Waals surface area contributed by atoms with E-state index in [4.69, 9.17) is 4.52 Å². The summed E-state index contributed by atoms with van der Waals surface area (Å²) in [5.74, 6) is 0.571. The average molecular weight is 312 g/mol. The minimum absolute atomic E-state index is 0.147. The molecule has 2 aromatic rings. The lowest BCUT2D eigenvalue weighted by molar-refractivity contribution is 0.0935. The fourth-order valence-corrected chi connectivity index (χ4v) is 2.30. The highest BCUT2D eigenvalue weighted by molar-refractivity contribution is 9.10. The molecule has 2 N–H and O–H groups in total. The van der Waals surface area contributed by atoms with E-state index in [0.29, 0.717) is 5.69 Å². The van der Waals surface area contributed by atoms with Gasteiger partial charge in [-0.3, -0.25) is 4.79 Å². The molecule has 1 atom stereocenters. The van der Waals surface area contributed by atoms with Crippen LogP contribution in [0.4, 0.5) is 0 Å². The molecule has 0 saturated heterocycles. The predicted molar refractivity (Wildman–Crippen MR) is 70.4 cm³/mol. The van der Waals surface area contributed by atoms with Crippen LogP contribution in [0.5, 0.6) is 0 Å². The van der Waals surface area contributed by atoms with E-state index in [1.165, 1.54) is 0 Å². The van der Waals surface area contributed by atoms with Crippen LogP contribution in [-0.2, 0) is 0 Å². The van der Waals surface area contributed by atoms with Crippen LogP contribution in [0.2, 0.25) is 0 Å². The van der Waals surface area contributed by atoms with Gasteiger partial charge in [-0.15, -0.1) is 0 Å². The first-order chi connectivity index (χ1) is 8.49. The summed E-state index contributed by atoms with van der Waals surface area (Å²) < 4.78 is 5.94. The van der Waals surface area contributed by atoms with Gasteiger partial charge in [-0.1, -0.05) is 5.16 Å². The van der Waals surface area contributed by atoms with Crippen molar-refractivity contribution < 1.29 is 9.32 Å². The zero-order valence-corrected chi connectivity index (χ0v) is 12.0. The van der Waals surface area contributed by atoms with Crippen molar-refractivity contribution in [1.29, 1.82) is 0 Å². The number of hydrogen-bond donors (Lipinski definition) is 2. The molecule has 0 aromatic carbocycles. The molecule has 18 heavy (non-hydrogen) atoms. The van der Waals surface area contributed by atoms with Gasteiger partial charge in [0, 0.05) is 16.2 Å². The van der Waals surface area contributed by atoms with Gasteiger partial charge in [0.25, 0.3) is 5.91 Å². The number of carbonyl (C=O) groups excluding carboxylic acids is 1. The van der Waals surface area contributed by atoms with E-state index in [1.54, 1.807) is 12.3 Å². The number of aryl methyl sites for hydroxylation is 2. The normalized spacial score (nSPS) is 12.4. The molecule has 5 nitrogen and oxygen atoms in total. The zero-order valence-electron chi connectivity index (χ0n) is 10.4. The SMILES string of the molecule is Cc1noc(C)c1C(C)NC(=O)c1cc(Br)c[nH]1. The Morgan fingerprint density at radius 1 is 1.56 bits per heavy atom. The predicted octanol–water partition coefficient (Wildman–Crippen LogP) is 2.87. The zero-order chi connectivity index (χ0) is 13.3. The van der Waals surface area contributed by atoms with E-state index in [0.717, 1.165) is 21.5 Å². The maximum absolute atomic E-state index is 12.0. The average Bonchev–Trinajstić information content (AvgIpc) is 2.85. The first-order valence-corrected chi connectivity index (χ1v) is 6.36. The molecule has 0 spiro atoms. The van der Waals surface area contributed by atoms with E-state index in [1.807, 2.05) is 20.8 Å². The summed E-state index contributed by atoms with van der Waals surface area (Å²) in [6.45, 7) is 5.60. The van der Waals surface area contributed by atoms with Crippen molar-refractivity contribution in [2.75, 3.05) is 0 Å². The molecule has 2 aromatic heterocycles. The van der Waals surface area contributed by atoms with Crippen molar-refractivity contribution in [2.24, 2.45) is 0 Å². The Morgan fingerprint density at radius 2 is 2.28 bits per heavy atom. The number of hydrogen-bond acceptors (Lipinski definition) is 3. The molecule has 0 fully saturated rings. The van der Waals surface area contributed by atoms with Gasteiger partial charge >= 0.3 is 0 Å². The van der Waals surface area contributed by atoms with Crippen molar-refractivity contribution in [1.82, 2.24) is 15.5 Å². The van der Waals surface area contributed by atoms with Gasteiger partial charge in [-0.2, -0.15) is 0 Å². The lowest BCUT2D eigenvalue weighted by atomic mass is 10.1. The number of H-pyrrole nitrogens is 1. The smallest absolute Gasteiger partial charge is 0.268 e. The maximum atomic E-state index is 12.0. The van der Waals surface area contributed by atoms with E-state index in [-0.39, 0.29) is 11.9 Å². The van der Waals surface area contributed by atoms with Crippen LogP contribution >= 0.6 is 15.9 Å². The van der Waals surface area contributed by atoms with Crippen LogP contribution in [0.1, 0.15) is 40.5 Å². The first kappa shape index (κ1) is 12.9. The van der Waals surface area contributed by atoms with E-state index < -0.39 is 0 Å². The van der Waals surface area contributed by atoms with Gasteiger partial charge in [-0.05, 0) is 42.8 Å². The summed E-state index contributed by atoms with van der Waals surface area (Å²) >= 11 is 3.29. The van der Waals surface area contributed by atoms with Gasteiger partial charge in [-0.25, -0.2) is 0 Å². The Bertz CT molecular complexity index is 554. The van der Waals surface area contributed by atoms with Gasteiger partial charge in [0.1, 0.15) is 11.5 Å². The van der Waals surface area contributed by atoms with Gasteiger partial charge in [0.05, 0.1) is 11.7 Å². The summed E-state index contributed by atoms with van der Waals surface area (Å²) in [6.07, 6.45) is 1.72. The molecule has 2 rings (SSSR count). The second-order valence-corrected chi connectivity index (χ2v) is 5.08. The maximum Gasteiger partial charge on any atom is 0.268 e. The fraction of sp³-hybridized carbons (Fsp3) is 0.333. The third kappa shape index (κ3) is 2.48. The molecule has 0 saturated carbocycles. The molecule has 0 aliphatic heterocycles. The molecule has 1 unspecified atom stereocenters. The fourth-order valence-electron chi connectivity index (χ4n) is 1.95. The number of nitrogens with one attached hydrogen (secondary N) is 2. The van der Waals surface area contributed by atoms with Crippen LogP contribution in [0.25, 0.3) is 0 Å². The number of carbonyl (C=O) groups is 1. The van der Waals surface area contributed by atoms with Crippen LogP contribution in [0.3, 0.4) is 0 Å². The quantitative estimate of drug-likeness (QED) is 0.915. The third-order valence-electron chi connectivity index (χ3n) is 2.76. The van der Waals surface area contributed by atoms with Crippen LogP contribution in [0, 0.1) is 13.8 Å². The third-order valence-corrected chi connectivity index (χ3v) is 3.22. The van der Waals surface area contributed by atoms with Crippen molar-refractivity contribution in [2.45, 2.75) is 26.8 Å². The number of nitrogens with zero attached hydrogens (tertiary/aromatic N) is 1. The lowest BCUT2D eigenvalue weighted by Crippen LogP contribution is -2.27. The van der Waals surface area contributed by atoms with Crippen molar-refractivity contribution in [3.05, 3.63) is 39.4 Å². The molecule has 2 heterocycles. The summed E-state index contributed by atoms with van der Waals surface area (Å²) in [5, 5.41) is 6.78. The second kappa shape index (κ2) is 4.97. The van der Waals surface area contributed by atoms with Crippen LogP contribution in [0.15, 0.2) is 21.3 Å². The molecule has 6 heteroatoms. The molecule has 0 aliphatic carbocycles. The minimum atomic E-state index is -0.159. The molecule has 1 amide bonds. The molecule has 0 aliphatic rings. The highest BCUT2D eigenvalue weighted by Crippen LogP contribution is 2.21. The van der Waals surface area contributed by atoms with Crippen LogP contribution < -0.4 is 5.32 Å². The summed E-state index contributed by atoms with van der Waals surface area (Å²) in [5.41, 5.74) is 2.24. The number of aromatic amines is 1. The Morgan fingerprint density at radius 3 is 2.78 bits per heavy atom. The van der Waals surface area contributed by atoms with E-state index >= 15 is 0 Å². The molecule has 96 valence electrons. The van der Waals surface area contributed by atoms with Gasteiger partial charge in [0.15, 0.2) is 0 Å². The molecule has 0 bridgehead atoms. The van der Waals surface area contributed by atoms with Crippen molar-refractivity contribution in [3.63, 3.8) is 0 Å². The minimum Gasteiger partial charge on any atom is -0.361 e. The first-order valence-electron chi connectivity index (χ1n) is 5.56. The topological polar surface area (TPSA) is 70.9 Å². The van der Waals surface area contributed by atoms with Crippen molar-refractivity contribution >= 4 is 21.8 Å². The highest BCUT2D eigenvalue weighted by Gasteiger charge is 2.19. The number of rotatable bonds is 3. The Balaban J connectivity index is 2.13. The molecule has 0 radical (unpaired) electrons. The highest BCUT2D eigenvalue weighted by atomic mass is 79.9. The summed E-state index contributed by atoms with van der Waals surface area (Å²) in [4.78, 5) is 14.9. The molecular weight excluding hydrogens is 298 g/mol. The standard InChI is InChI=1S/C12H14BrN3O2/c1-6(11-7(2)16-18-8(11)3)15-12(17)10-4-9(13)5-14-10/h4-6,14H,1-3H3,(H,15,17). The molecular formula is C12H14BrN3O2. The Hall–Kier alpha value is -1.56. The summed E-state index contributed by atoms with van der Waals surface area (Å²) in [7, 11) is 0. The van der Waals surface area contributed by atoms with Crippen LogP contribution in [-0.4, -0.2) is 16.0 Å². The summed E-state index contributed by atoms with van der Waals surface area (Å²) in [6, 6.07) is 1.58. The van der Waals surface area contributed by atoms with Gasteiger partial charge in [0.2, 0.25) is 0 Å². The largest absolute Gasteiger partial charge is 0.361 e. The Labute approximate surface area is 113 Å². The van der Waals surface area contributed by atoms with Gasteiger partial charge < -0.3 is 14.8 Å².